The van der Waals surface area contributed by atoms with Gasteiger partial charge >= 0.3 is 0 Å². The molecular weight excluding hydrogens is 226 g/mol. The van der Waals surface area contributed by atoms with Gasteiger partial charge in [0, 0.05) is 25.7 Å². The lowest BCUT2D eigenvalue weighted by Crippen LogP contribution is -2.49. The van der Waals surface area contributed by atoms with Crippen molar-refractivity contribution in [1.29, 1.82) is 0 Å². The first kappa shape index (κ1) is 16.9. The summed E-state index contributed by atoms with van der Waals surface area (Å²) in [7, 11) is 0. The Morgan fingerprint density at radius 1 is 1.28 bits per heavy atom. The molecule has 0 fully saturated rings. The highest BCUT2D eigenvalue weighted by Gasteiger charge is 2.21. The molecule has 0 aromatic carbocycles. The van der Waals surface area contributed by atoms with E-state index in [9.17, 15) is 4.79 Å². The van der Waals surface area contributed by atoms with Gasteiger partial charge in [-0.25, -0.2) is 0 Å². The van der Waals surface area contributed by atoms with Gasteiger partial charge in [-0.15, -0.1) is 13.2 Å². The van der Waals surface area contributed by atoms with Crippen molar-refractivity contribution >= 4 is 5.91 Å². The first-order valence-corrected chi connectivity index (χ1v) is 6.43. The predicted octanol–water partition coefficient (Wildman–Crippen LogP) is 1.15. The van der Waals surface area contributed by atoms with Crippen molar-refractivity contribution in [2.24, 2.45) is 11.7 Å². The van der Waals surface area contributed by atoms with Crippen molar-refractivity contribution < 1.29 is 4.79 Å². The summed E-state index contributed by atoms with van der Waals surface area (Å²) in [5.74, 6) is 0.316. The van der Waals surface area contributed by atoms with Gasteiger partial charge in [-0.1, -0.05) is 26.0 Å². The van der Waals surface area contributed by atoms with Crippen molar-refractivity contribution in [1.82, 2.24) is 10.2 Å². The predicted molar refractivity (Wildman–Crippen MR) is 77.3 cm³/mol. The lowest BCUT2D eigenvalue weighted by Gasteiger charge is -2.33. The van der Waals surface area contributed by atoms with Gasteiger partial charge < -0.3 is 11.1 Å². The molecule has 0 aromatic heterocycles. The van der Waals surface area contributed by atoms with E-state index in [2.05, 4.69) is 37.2 Å². The maximum atomic E-state index is 11.5. The lowest BCUT2D eigenvalue weighted by molar-refractivity contribution is -0.122. The Bertz CT molecular complexity index is 264. The fourth-order valence-corrected chi connectivity index (χ4v) is 1.83. The van der Waals surface area contributed by atoms with E-state index in [0.29, 0.717) is 12.5 Å². The SMILES string of the molecule is C=CCN(CC=C)C(CNC(=O)C(C)N)C(C)C. The molecule has 0 spiro atoms. The minimum absolute atomic E-state index is 0.113. The third-order valence-corrected chi connectivity index (χ3v) is 2.86. The van der Waals surface area contributed by atoms with Gasteiger partial charge in [0.05, 0.1) is 6.04 Å². The van der Waals surface area contributed by atoms with Crippen LogP contribution in [-0.4, -0.2) is 42.5 Å². The molecule has 0 aliphatic carbocycles. The summed E-state index contributed by atoms with van der Waals surface area (Å²) in [5, 5.41) is 2.89. The number of hydrogen-bond acceptors (Lipinski definition) is 3. The van der Waals surface area contributed by atoms with Crippen LogP contribution < -0.4 is 11.1 Å². The molecule has 0 saturated carbocycles. The quantitative estimate of drug-likeness (QED) is 0.606. The lowest BCUT2D eigenvalue weighted by atomic mass is 10.0. The number of carbonyl (C=O) groups is 1. The van der Waals surface area contributed by atoms with Crippen LogP contribution in [0.15, 0.2) is 25.3 Å². The number of nitrogens with one attached hydrogen (secondary N) is 1. The second-order valence-electron chi connectivity index (χ2n) is 4.88. The molecule has 0 saturated heterocycles. The molecule has 4 heteroatoms. The monoisotopic (exact) mass is 253 g/mol. The number of nitrogens with zero attached hydrogens (tertiary/aromatic N) is 1. The van der Waals surface area contributed by atoms with E-state index in [1.165, 1.54) is 0 Å². The molecule has 2 unspecified atom stereocenters. The first-order valence-electron chi connectivity index (χ1n) is 6.43. The molecule has 2 atom stereocenters. The minimum Gasteiger partial charge on any atom is -0.353 e. The Balaban J connectivity index is 4.56. The number of hydrogen-bond donors (Lipinski definition) is 2. The largest absolute Gasteiger partial charge is 0.353 e. The van der Waals surface area contributed by atoms with E-state index >= 15 is 0 Å². The summed E-state index contributed by atoms with van der Waals surface area (Å²) >= 11 is 0. The van der Waals surface area contributed by atoms with E-state index in [-0.39, 0.29) is 11.9 Å². The Kier molecular flexibility index (Phi) is 8.33. The molecule has 18 heavy (non-hydrogen) atoms. The maximum absolute atomic E-state index is 11.5. The van der Waals surface area contributed by atoms with Gasteiger partial charge in [-0.2, -0.15) is 0 Å². The van der Waals surface area contributed by atoms with Crippen LogP contribution in [0.3, 0.4) is 0 Å². The molecule has 0 bridgehead atoms. The Morgan fingerprint density at radius 2 is 1.78 bits per heavy atom. The molecular formula is C14H27N3O. The summed E-state index contributed by atoms with van der Waals surface area (Å²) < 4.78 is 0. The van der Waals surface area contributed by atoms with Crippen LogP contribution in [0, 0.1) is 5.92 Å². The molecule has 0 aromatic rings. The molecule has 0 aliphatic rings. The fourth-order valence-electron chi connectivity index (χ4n) is 1.83. The van der Waals surface area contributed by atoms with E-state index in [1.807, 2.05) is 12.2 Å². The smallest absolute Gasteiger partial charge is 0.236 e. The molecule has 3 N–H and O–H groups in total. The van der Waals surface area contributed by atoms with Crippen LogP contribution in [0.1, 0.15) is 20.8 Å². The van der Waals surface area contributed by atoms with Crippen LogP contribution in [-0.2, 0) is 4.79 Å². The molecule has 4 nitrogen and oxygen atoms in total. The summed E-state index contributed by atoms with van der Waals surface area (Å²) in [6, 6.07) is -0.214. The zero-order chi connectivity index (χ0) is 14.1. The highest BCUT2D eigenvalue weighted by molar-refractivity contribution is 5.80. The van der Waals surface area contributed by atoms with Crippen LogP contribution in [0.2, 0.25) is 0 Å². The number of rotatable bonds is 9. The van der Waals surface area contributed by atoms with E-state index in [1.54, 1.807) is 6.92 Å². The third-order valence-electron chi connectivity index (χ3n) is 2.86. The number of carbonyl (C=O) groups excluding carboxylic acids is 1. The summed E-state index contributed by atoms with van der Waals surface area (Å²) in [6.45, 7) is 15.7. The molecule has 1 amide bonds. The van der Waals surface area contributed by atoms with Gasteiger partial charge in [-0.3, -0.25) is 9.69 Å². The average Bonchev–Trinajstić information content (AvgIpc) is 2.28. The maximum Gasteiger partial charge on any atom is 0.236 e. The second kappa shape index (κ2) is 8.89. The topological polar surface area (TPSA) is 58.4 Å². The van der Waals surface area contributed by atoms with Crippen LogP contribution >= 0.6 is 0 Å². The Hall–Kier alpha value is -1.13. The summed E-state index contributed by atoms with van der Waals surface area (Å²) in [4.78, 5) is 13.8. The first-order chi connectivity index (χ1) is 8.43. The highest BCUT2D eigenvalue weighted by atomic mass is 16.2. The van der Waals surface area contributed by atoms with Crippen molar-refractivity contribution in [3.63, 3.8) is 0 Å². The van der Waals surface area contributed by atoms with Gasteiger partial charge in [0.1, 0.15) is 0 Å². The standard InChI is InChI=1S/C14H27N3O/c1-6-8-17(9-7-2)13(11(3)4)10-16-14(18)12(5)15/h6-7,11-13H,1-2,8-10,15H2,3-5H3,(H,16,18). The summed E-state index contributed by atoms with van der Waals surface area (Å²) in [5.41, 5.74) is 5.53. The zero-order valence-corrected chi connectivity index (χ0v) is 11.9. The third kappa shape index (κ3) is 5.98. The summed E-state index contributed by atoms with van der Waals surface area (Å²) in [6.07, 6.45) is 3.73. The molecule has 0 radical (unpaired) electrons. The van der Waals surface area contributed by atoms with Gasteiger partial charge in [0.2, 0.25) is 5.91 Å². The average molecular weight is 253 g/mol. The molecule has 0 aliphatic heterocycles. The van der Waals surface area contributed by atoms with Crippen molar-refractivity contribution in [3.05, 3.63) is 25.3 Å². The number of amides is 1. The van der Waals surface area contributed by atoms with Gasteiger partial charge in [0.15, 0.2) is 0 Å². The normalized spacial score (nSPS) is 14.3. The number of nitrogens with two attached hydrogens (primary N) is 1. The van der Waals surface area contributed by atoms with Crippen LogP contribution in [0.4, 0.5) is 0 Å². The van der Waals surface area contributed by atoms with E-state index in [4.69, 9.17) is 5.73 Å². The Morgan fingerprint density at radius 3 is 2.11 bits per heavy atom. The van der Waals surface area contributed by atoms with E-state index < -0.39 is 6.04 Å². The zero-order valence-electron chi connectivity index (χ0n) is 11.9. The van der Waals surface area contributed by atoms with Crippen molar-refractivity contribution in [3.8, 4) is 0 Å². The van der Waals surface area contributed by atoms with Gasteiger partial charge in [0.25, 0.3) is 0 Å². The highest BCUT2D eigenvalue weighted by Crippen LogP contribution is 2.10. The van der Waals surface area contributed by atoms with Crippen LogP contribution in [0.25, 0.3) is 0 Å². The molecule has 0 heterocycles. The van der Waals surface area contributed by atoms with Crippen LogP contribution in [0.5, 0.6) is 0 Å². The molecule has 104 valence electrons. The van der Waals surface area contributed by atoms with Crippen molar-refractivity contribution in [2.45, 2.75) is 32.9 Å². The van der Waals surface area contributed by atoms with E-state index in [0.717, 1.165) is 13.1 Å². The van der Waals surface area contributed by atoms with Gasteiger partial charge in [-0.05, 0) is 12.8 Å². The second-order valence-corrected chi connectivity index (χ2v) is 4.88. The molecule has 0 rings (SSSR count). The minimum atomic E-state index is -0.468. The van der Waals surface area contributed by atoms with Crippen molar-refractivity contribution in [2.75, 3.05) is 19.6 Å². The Labute approximate surface area is 111 Å². The fraction of sp³-hybridized carbons (Fsp3) is 0.643.